The molecule has 0 saturated heterocycles. The summed E-state index contributed by atoms with van der Waals surface area (Å²) in [5.41, 5.74) is 2.49. The minimum absolute atomic E-state index is 0.376. The summed E-state index contributed by atoms with van der Waals surface area (Å²) in [5.74, 6) is 0. The number of hydrogen-bond acceptors (Lipinski definition) is 2. The zero-order chi connectivity index (χ0) is 13.4. The van der Waals surface area contributed by atoms with Gasteiger partial charge in [-0.15, -0.1) is 11.3 Å². The lowest BCUT2D eigenvalue weighted by Gasteiger charge is -2.25. The fraction of sp³-hybridized carbons (Fsp3) is 0.286. The summed E-state index contributed by atoms with van der Waals surface area (Å²) < 4.78 is 2.16. The second-order valence-electron chi connectivity index (χ2n) is 4.62. The quantitative estimate of drug-likeness (QED) is 0.590. The van der Waals surface area contributed by atoms with E-state index < -0.39 is 0 Å². The van der Waals surface area contributed by atoms with Gasteiger partial charge in [-0.25, -0.2) is 0 Å². The average Bonchev–Trinajstić information content (AvgIpc) is 2.76. The van der Waals surface area contributed by atoms with Gasteiger partial charge in [0.1, 0.15) is 0 Å². The van der Waals surface area contributed by atoms with Crippen molar-refractivity contribution in [2.45, 2.75) is 25.3 Å². The highest BCUT2D eigenvalue weighted by atomic mass is 79.9. The molecule has 5 heteroatoms. The number of aryl methyl sites for hydroxylation is 1. The predicted molar refractivity (Wildman–Crippen MR) is 90.5 cm³/mol. The number of benzene rings is 1. The summed E-state index contributed by atoms with van der Waals surface area (Å²) in [7, 11) is 0. The smallest absolute Gasteiger partial charge is 0.0705 e. The van der Waals surface area contributed by atoms with Crippen LogP contribution in [0.5, 0.6) is 0 Å². The van der Waals surface area contributed by atoms with Crippen LogP contribution in [-0.2, 0) is 6.42 Å². The van der Waals surface area contributed by atoms with E-state index in [9.17, 15) is 0 Å². The van der Waals surface area contributed by atoms with Crippen LogP contribution >= 0.6 is 54.8 Å². The Morgan fingerprint density at radius 2 is 2.16 bits per heavy atom. The van der Waals surface area contributed by atoms with Crippen LogP contribution in [0.1, 0.15) is 29.3 Å². The number of hydrogen-bond donors (Lipinski definition) is 1. The Morgan fingerprint density at radius 1 is 1.32 bits per heavy atom. The highest BCUT2D eigenvalue weighted by Crippen LogP contribution is 2.41. The van der Waals surface area contributed by atoms with E-state index in [-0.39, 0.29) is 0 Å². The van der Waals surface area contributed by atoms with E-state index in [4.69, 9.17) is 11.6 Å². The maximum absolute atomic E-state index is 6.14. The maximum atomic E-state index is 6.14. The van der Waals surface area contributed by atoms with Gasteiger partial charge >= 0.3 is 0 Å². The molecule has 0 bridgehead atoms. The number of thiophene rings is 1. The summed E-state index contributed by atoms with van der Waals surface area (Å²) >= 11 is 15.1. The summed E-state index contributed by atoms with van der Waals surface area (Å²) in [6, 6.07) is 8.55. The van der Waals surface area contributed by atoms with E-state index in [0.29, 0.717) is 6.04 Å². The first kappa shape index (κ1) is 13.9. The first-order chi connectivity index (χ1) is 9.15. The van der Waals surface area contributed by atoms with Crippen molar-refractivity contribution in [1.29, 1.82) is 0 Å². The van der Waals surface area contributed by atoms with Crippen LogP contribution < -0.4 is 5.32 Å². The van der Waals surface area contributed by atoms with E-state index in [0.717, 1.165) is 21.6 Å². The molecule has 1 unspecified atom stereocenters. The Bertz CT molecular complexity index is 611. The lowest BCUT2D eigenvalue weighted by Crippen LogP contribution is -2.15. The van der Waals surface area contributed by atoms with Crippen LogP contribution in [0.2, 0.25) is 5.02 Å². The second-order valence-corrected chi connectivity index (χ2v) is 8.34. The van der Waals surface area contributed by atoms with Gasteiger partial charge in [-0.2, -0.15) is 0 Å². The van der Waals surface area contributed by atoms with Gasteiger partial charge < -0.3 is 5.32 Å². The topological polar surface area (TPSA) is 12.0 Å². The van der Waals surface area contributed by atoms with Crippen LogP contribution in [0.4, 0.5) is 5.69 Å². The van der Waals surface area contributed by atoms with Gasteiger partial charge in [0.2, 0.25) is 0 Å². The summed E-state index contributed by atoms with van der Waals surface area (Å²) in [5, 5.41) is 4.36. The summed E-state index contributed by atoms with van der Waals surface area (Å²) in [6.45, 7) is 0. The monoisotopic (exact) mass is 419 g/mol. The molecule has 1 N–H and O–H groups in total. The van der Waals surface area contributed by atoms with Gasteiger partial charge in [0.15, 0.2) is 0 Å². The standard InChI is InChI=1S/C14H12Br2ClNS/c15-13-7-8-10(4-2-6-12(8)19-13)18-11-5-1-3-9(17)14(11)16/h1,3,5,7,10,18H,2,4,6H2. The molecule has 3 rings (SSSR count). The van der Waals surface area contributed by atoms with E-state index in [2.05, 4.69) is 49.3 Å². The van der Waals surface area contributed by atoms with Gasteiger partial charge in [0, 0.05) is 4.88 Å². The number of fused-ring (bicyclic) bond motifs is 1. The van der Waals surface area contributed by atoms with Gasteiger partial charge in [-0.05, 0) is 74.9 Å². The van der Waals surface area contributed by atoms with Crippen molar-refractivity contribution in [3.05, 3.63) is 48.0 Å². The molecule has 0 radical (unpaired) electrons. The van der Waals surface area contributed by atoms with Crippen LogP contribution in [0.25, 0.3) is 0 Å². The maximum Gasteiger partial charge on any atom is 0.0705 e. The molecule has 0 amide bonds. The minimum Gasteiger partial charge on any atom is -0.377 e. The number of rotatable bonds is 2. The van der Waals surface area contributed by atoms with Crippen molar-refractivity contribution in [2.75, 3.05) is 5.32 Å². The lowest BCUT2D eigenvalue weighted by atomic mass is 9.94. The average molecular weight is 422 g/mol. The van der Waals surface area contributed by atoms with E-state index >= 15 is 0 Å². The summed E-state index contributed by atoms with van der Waals surface area (Å²) in [4.78, 5) is 1.49. The molecule has 19 heavy (non-hydrogen) atoms. The van der Waals surface area contributed by atoms with Crippen molar-refractivity contribution < 1.29 is 0 Å². The zero-order valence-electron chi connectivity index (χ0n) is 10.1. The fourth-order valence-corrected chi connectivity index (χ4v) is 4.85. The Kier molecular flexibility index (Phi) is 4.22. The molecule has 0 fully saturated rings. The van der Waals surface area contributed by atoms with E-state index in [1.807, 2.05) is 23.5 Å². The predicted octanol–water partition coefficient (Wildman–Crippen LogP) is 6.42. The first-order valence-corrected chi connectivity index (χ1v) is 8.92. The van der Waals surface area contributed by atoms with Gasteiger partial charge in [-0.3, -0.25) is 0 Å². The third-order valence-corrected chi connectivity index (χ3v) is 6.48. The highest BCUT2D eigenvalue weighted by molar-refractivity contribution is 9.11. The molecule has 1 heterocycles. The molecule has 1 aliphatic rings. The third kappa shape index (κ3) is 2.87. The van der Waals surface area contributed by atoms with E-state index in [1.165, 1.54) is 27.1 Å². The molecular weight excluding hydrogens is 409 g/mol. The third-order valence-electron chi connectivity index (χ3n) is 3.37. The molecule has 1 aliphatic carbocycles. The molecule has 1 atom stereocenters. The fourth-order valence-electron chi connectivity index (χ4n) is 2.47. The molecule has 0 spiro atoms. The van der Waals surface area contributed by atoms with Crippen molar-refractivity contribution in [1.82, 2.24) is 0 Å². The van der Waals surface area contributed by atoms with Crippen molar-refractivity contribution in [2.24, 2.45) is 0 Å². The largest absolute Gasteiger partial charge is 0.377 e. The first-order valence-electron chi connectivity index (χ1n) is 6.14. The van der Waals surface area contributed by atoms with Crippen LogP contribution in [0.15, 0.2) is 32.5 Å². The second kappa shape index (κ2) is 5.76. The Balaban J connectivity index is 1.90. The van der Waals surface area contributed by atoms with Crippen molar-refractivity contribution in [3.8, 4) is 0 Å². The van der Waals surface area contributed by atoms with Crippen molar-refractivity contribution >= 4 is 60.5 Å². The number of halogens is 3. The highest BCUT2D eigenvalue weighted by Gasteiger charge is 2.23. The Labute approximate surface area is 138 Å². The molecule has 100 valence electrons. The molecule has 1 nitrogen and oxygen atoms in total. The molecular formula is C14H12Br2ClNS. The van der Waals surface area contributed by atoms with Crippen LogP contribution in [0, 0.1) is 0 Å². The van der Waals surface area contributed by atoms with E-state index in [1.54, 1.807) is 0 Å². The van der Waals surface area contributed by atoms with Crippen molar-refractivity contribution in [3.63, 3.8) is 0 Å². The Morgan fingerprint density at radius 3 is 3.00 bits per heavy atom. The van der Waals surface area contributed by atoms with Gasteiger partial charge in [0.05, 0.1) is 25.0 Å². The number of anilines is 1. The molecule has 2 aromatic rings. The lowest BCUT2D eigenvalue weighted by molar-refractivity contribution is 0.608. The Hall–Kier alpha value is -0.0300. The molecule has 0 aliphatic heterocycles. The van der Waals surface area contributed by atoms with Crippen LogP contribution in [0.3, 0.4) is 0 Å². The normalized spacial score (nSPS) is 18.2. The minimum atomic E-state index is 0.376. The molecule has 1 aromatic carbocycles. The SMILES string of the molecule is Clc1cccc(NC2CCCc3sc(Br)cc32)c1Br. The molecule has 0 saturated carbocycles. The molecule has 1 aromatic heterocycles. The summed E-state index contributed by atoms with van der Waals surface area (Å²) in [6.07, 6.45) is 3.59. The zero-order valence-corrected chi connectivity index (χ0v) is 14.8. The van der Waals surface area contributed by atoms with Gasteiger partial charge in [-0.1, -0.05) is 17.7 Å². The number of nitrogens with one attached hydrogen (secondary N) is 1. The van der Waals surface area contributed by atoms with Crippen LogP contribution in [-0.4, -0.2) is 0 Å². The van der Waals surface area contributed by atoms with Gasteiger partial charge in [0.25, 0.3) is 0 Å².